The number of pyridine rings is 1. The van der Waals surface area contributed by atoms with Crippen molar-refractivity contribution in [2.45, 2.75) is 45.6 Å². The van der Waals surface area contributed by atoms with Gasteiger partial charge >= 0.3 is 5.97 Å². The van der Waals surface area contributed by atoms with Crippen molar-refractivity contribution in [3.63, 3.8) is 0 Å². The minimum atomic E-state index is -0.705. The third-order valence-electron chi connectivity index (χ3n) is 3.83. The Hall–Kier alpha value is -1.10. The molecule has 104 valence electrons. The molecule has 1 aromatic heterocycles. The number of carbonyl (C=O) groups is 1. The predicted molar refractivity (Wildman–Crippen MR) is 75.3 cm³/mol. The fraction of sp³-hybridized carbons (Fsp3) is 0.571. The summed E-state index contributed by atoms with van der Waals surface area (Å²) in [5.74, 6) is -0.0592. The lowest BCUT2D eigenvalue weighted by molar-refractivity contribution is -0.150. The number of aliphatic carboxylic acids is 1. The van der Waals surface area contributed by atoms with E-state index >= 15 is 0 Å². The van der Waals surface area contributed by atoms with Crippen LogP contribution < -0.4 is 4.74 Å². The van der Waals surface area contributed by atoms with Crippen LogP contribution in [-0.2, 0) is 4.79 Å². The van der Waals surface area contributed by atoms with Crippen LogP contribution in [0.5, 0.6) is 5.88 Å². The third kappa shape index (κ3) is 3.26. The van der Waals surface area contributed by atoms with Crippen LogP contribution in [0.15, 0.2) is 16.7 Å². The van der Waals surface area contributed by atoms with E-state index in [0.29, 0.717) is 18.7 Å². The van der Waals surface area contributed by atoms with Gasteiger partial charge in [0.2, 0.25) is 5.88 Å². The van der Waals surface area contributed by atoms with E-state index in [9.17, 15) is 9.90 Å². The lowest BCUT2D eigenvalue weighted by atomic mass is 9.75. The van der Waals surface area contributed by atoms with Gasteiger partial charge in [0.25, 0.3) is 0 Å². The highest BCUT2D eigenvalue weighted by Gasteiger charge is 2.38. The Bertz CT molecular complexity index is 482. The van der Waals surface area contributed by atoms with Crippen molar-refractivity contribution in [1.82, 2.24) is 4.98 Å². The molecule has 4 nitrogen and oxygen atoms in total. The van der Waals surface area contributed by atoms with Gasteiger partial charge in [0.15, 0.2) is 0 Å². The molecule has 1 N–H and O–H groups in total. The van der Waals surface area contributed by atoms with Gasteiger partial charge in [-0.15, -0.1) is 0 Å². The Labute approximate surface area is 121 Å². The highest BCUT2D eigenvalue weighted by atomic mass is 79.9. The smallest absolute Gasteiger partial charge is 0.309 e. The number of nitrogens with zero attached hydrogens (tertiary/aromatic N) is 1. The molecule has 2 rings (SSSR count). The Morgan fingerprint density at radius 3 is 2.68 bits per heavy atom. The summed E-state index contributed by atoms with van der Waals surface area (Å²) >= 11 is 3.37. The van der Waals surface area contributed by atoms with Crippen LogP contribution >= 0.6 is 15.9 Å². The van der Waals surface area contributed by atoms with E-state index in [0.717, 1.165) is 22.9 Å². The van der Waals surface area contributed by atoms with Gasteiger partial charge in [-0.25, -0.2) is 4.98 Å². The highest BCUT2D eigenvalue weighted by Crippen LogP contribution is 2.37. The van der Waals surface area contributed by atoms with Crippen LogP contribution in [-0.4, -0.2) is 22.2 Å². The van der Waals surface area contributed by atoms with Crippen LogP contribution in [0.1, 0.15) is 38.2 Å². The van der Waals surface area contributed by atoms with Crippen molar-refractivity contribution in [1.29, 1.82) is 0 Å². The van der Waals surface area contributed by atoms with Crippen molar-refractivity contribution in [3.05, 3.63) is 22.3 Å². The number of rotatable bonds is 3. The number of carboxylic acid groups (broad SMARTS) is 1. The monoisotopic (exact) mass is 327 g/mol. The maximum Gasteiger partial charge on any atom is 0.309 e. The van der Waals surface area contributed by atoms with Crippen molar-refractivity contribution in [2.75, 3.05) is 0 Å². The second-order valence-corrected chi connectivity index (χ2v) is 6.37. The number of aromatic nitrogens is 1. The number of aryl methyl sites for hydroxylation is 1. The summed E-state index contributed by atoms with van der Waals surface area (Å²) in [7, 11) is 0. The lowest BCUT2D eigenvalue weighted by Gasteiger charge is -2.33. The summed E-state index contributed by atoms with van der Waals surface area (Å²) in [6.07, 6.45) is 4.62. The number of hydrogen-bond donors (Lipinski definition) is 1. The van der Waals surface area contributed by atoms with E-state index in [2.05, 4.69) is 20.9 Å². The Morgan fingerprint density at radius 1 is 1.53 bits per heavy atom. The normalized spacial score (nSPS) is 27.0. The van der Waals surface area contributed by atoms with E-state index in [1.807, 2.05) is 19.9 Å². The largest absolute Gasteiger partial charge is 0.481 e. The summed E-state index contributed by atoms with van der Waals surface area (Å²) in [6.45, 7) is 3.77. The van der Waals surface area contributed by atoms with Gasteiger partial charge in [-0.2, -0.15) is 0 Å². The standard InChI is InChI=1S/C14H18BrNO3/c1-9-7-10(15)8-16-12(9)19-11-3-5-14(2,6-4-11)13(17)18/h7-8,11H,3-6H2,1-2H3,(H,17,18). The molecule has 0 unspecified atom stereocenters. The molecule has 0 aliphatic heterocycles. The molecule has 0 bridgehead atoms. The molecule has 0 atom stereocenters. The van der Waals surface area contributed by atoms with Crippen molar-refractivity contribution >= 4 is 21.9 Å². The second kappa shape index (κ2) is 5.49. The fourth-order valence-corrected chi connectivity index (χ4v) is 2.82. The van der Waals surface area contributed by atoms with Crippen LogP contribution in [0.3, 0.4) is 0 Å². The van der Waals surface area contributed by atoms with Crippen molar-refractivity contribution in [3.8, 4) is 5.88 Å². The molecule has 1 fully saturated rings. The summed E-state index contributed by atoms with van der Waals surface area (Å²) in [5, 5.41) is 9.19. The summed E-state index contributed by atoms with van der Waals surface area (Å²) < 4.78 is 6.82. The van der Waals surface area contributed by atoms with E-state index in [1.54, 1.807) is 6.20 Å². The maximum atomic E-state index is 11.2. The van der Waals surface area contributed by atoms with Gasteiger partial charge in [-0.3, -0.25) is 4.79 Å². The molecule has 1 aliphatic rings. The van der Waals surface area contributed by atoms with Gasteiger partial charge in [0.1, 0.15) is 6.10 Å². The van der Waals surface area contributed by atoms with Gasteiger partial charge in [0.05, 0.1) is 5.41 Å². The van der Waals surface area contributed by atoms with Crippen LogP contribution in [0.25, 0.3) is 0 Å². The average molecular weight is 328 g/mol. The first-order valence-corrected chi connectivity index (χ1v) is 7.22. The highest BCUT2D eigenvalue weighted by molar-refractivity contribution is 9.10. The van der Waals surface area contributed by atoms with Crippen molar-refractivity contribution in [2.24, 2.45) is 5.41 Å². The fourth-order valence-electron chi connectivity index (χ4n) is 2.37. The van der Waals surface area contributed by atoms with Gasteiger partial charge in [-0.1, -0.05) is 0 Å². The first-order valence-electron chi connectivity index (χ1n) is 6.43. The lowest BCUT2D eigenvalue weighted by Crippen LogP contribution is -2.36. The number of ether oxygens (including phenoxy) is 1. The predicted octanol–water partition coefficient (Wildman–Crippen LogP) is 3.56. The molecular formula is C14H18BrNO3. The first kappa shape index (κ1) is 14.3. The molecule has 19 heavy (non-hydrogen) atoms. The van der Waals surface area contributed by atoms with Gasteiger partial charge in [-0.05, 0) is 61.5 Å². The van der Waals surface area contributed by atoms with Crippen LogP contribution in [0.4, 0.5) is 0 Å². The van der Waals surface area contributed by atoms with E-state index in [4.69, 9.17) is 4.74 Å². The third-order valence-corrected chi connectivity index (χ3v) is 4.26. The second-order valence-electron chi connectivity index (χ2n) is 5.46. The molecule has 0 saturated heterocycles. The molecule has 1 saturated carbocycles. The molecule has 5 heteroatoms. The molecule has 1 heterocycles. The minimum absolute atomic E-state index is 0.0693. The zero-order valence-electron chi connectivity index (χ0n) is 11.1. The molecule has 0 spiro atoms. The first-order chi connectivity index (χ1) is 8.90. The zero-order valence-corrected chi connectivity index (χ0v) is 12.7. The SMILES string of the molecule is Cc1cc(Br)cnc1OC1CCC(C)(C(=O)O)CC1. The molecule has 0 amide bonds. The molecule has 1 aromatic rings. The summed E-state index contributed by atoms with van der Waals surface area (Å²) in [6, 6.07) is 1.96. The van der Waals surface area contributed by atoms with Crippen LogP contribution in [0.2, 0.25) is 0 Å². The van der Waals surface area contributed by atoms with Crippen LogP contribution in [0, 0.1) is 12.3 Å². The van der Waals surface area contributed by atoms with Crippen molar-refractivity contribution < 1.29 is 14.6 Å². The van der Waals surface area contributed by atoms with Gasteiger partial charge in [0, 0.05) is 16.2 Å². The topological polar surface area (TPSA) is 59.4 Å². The molecule has 0 radical (unpaired) electrons. The number of hydrogen-bond acceptors (Lipinski definition) is 3. The molecule has 0 aromatic carbocycles. The Balaban J connectivity index is 1.98. The van der Waals surface area contributed by atoms with E-state index in [-0.39, 0.29) is 6.10 Å². The quantitative estimate of drug-likeness (QED) is 0.922. The Kier molecular flexibility index (Phi) is 4.13. The molecule has 1 aliphatic carbocycles. The minimum Gasteiger partial charge on any atom is -0.481 e. The average Bonchev–Trinajstić information content (AvgIpc) is 2.35. The Morgan fingerprint density at radius 2 is 2.16 bits per heavy atom. The number of halogens is 1. The zero-order chi connectivity index (χ0) is 14.0. The molecular weight excluding hydrogens is 310 g/mol. The van der Waals surface area contributed by atoms with Gasteiger partial charge < -0.3 is 9.84 Å². The van der Waals surface area contributed by atoms with E-state index in [1.165, 1.54) is 0 Å². The summed E-state index contributed by atoms with van der Waals surface area (Å²) in [4.78, 5) is 15.4. The number of carboxylic acids is 1. The van der Waals surface area contributed by atoms with E-state index < -0.39 is 11.4 Å². The summed E-state index contributed by atoms with van der Waals surface area (Å²) in [5.41, 5.74) is 0.392. The maximum absolute atomic E-state index is 11.2.